The molecule has 3 rings (SSSR count). The summed E-state index contributed by atoms with van der Waals surface area (Å²) < 4.78 is 0. The van der Waals surface area contributed by atoms with E-state index in [4.69, 9.17) is 0 Å². The first-order valence-corrected chi connectivity index (χ1v) is 9.66. The summed E-state index contributed by atoms with van der Waals surface area (Å²) in [5, 5.41) is 9.22. The van der Waals surface area contributed by atoms with Crippen molar-refractivity contribution >= 4 is 29.1 Å². The first kappa shape index (κ1) is 18.4. The Balaban J connectivity index is 1.81. The lowest BCUT2D eigenvalue weighted by Crippen LogP contribution is -2.31. The number of aryl methyl sites for hydroxylation is 2. The van der Waals surface area contributed by atoms with Gasteiger partial charge in [-0.25, -0.2) is 0 Å². The monoisotopic (exact) mass is 365 g/mol. The summed E-state index contributed by atoms with van der Waals surface area (Å²) in [6, 6.07) is 16.2. The van der Waals surface area contributed by atoms with Gasteiger partial charge in [0.1, 0.15) is 0 Å². The lowest BCUT2D eigenvalue weighted by atomic mass is 10.1. The predicted molar refractivity (Wildman–Crippen MR) is 110 cm³/mol. The molecule has 1 aliphatic heterocycles. The van der Waals surface area contributed by atoms with Crippen molar-refractivity contribution in [3.63, 3.8) is 0 Å². The Morgan fingerprint density at radius 2 is 1.92 bits per heavy atom. The topological polar surface area (TPSA) is 45.0 Å². The number of nitrogens with zero attached hydrogens (tertiary/aromatic N) is 3. The van der Waals surface area contributed by atoms with Gasteiger partial charge in [-0.05, 0) is 37.0 Å². The van der Waals surface area contributed by atoms with Gasteiger partial charge in [0.25, 0.3) is 0 Å². The van der Waals surface area contributed by atoms with Crippen LogP contribution in [0.15, 0.2) is 58.7 Å². The zero-order valence-corrected chi connectivity index (χ0v) is 16.2. The smallest absolute Gasteiger partial charge is 0.242 e. The van der Waals surface area contributed by atoms with Crippen molar-refractivity contribution in [3.05, 3.63) is 70.8 Å². The number of amides is 1. The van der Waals surface area contributed by atoms with E-state index in [0.717, 1.165) is 23.1 Å². The van der Waals surface area contributed by atoms with E-state index in [1.807, 2.05) is 43.3 Å². The van der Waals surface area contributed by atoms with Crippen LogP contribution >= 0.6 is 11.8 Å². The summed E-state index contributed by atoms with van der Waals surface area (Å²) in [6.07, 6.45) is 2.54. The van der Waals surface area contributed by atoms with Gasteiger partial charge in [0.05, 0.1) is 18.0 Å². The molecule has 2 aromatic rings. The second-order valence-electron chi connectivity index (χ2n) is 6.41. The number of hydrogen-bond acceptors (Lipinski definition) is 4. The lowest BCUT2D eigenvalue weighted by Gasteiger charge is -2.15. The highest BCUT2D eigenvalue weighted by Crippen LogP contribution is 2.30. The maximum atomic E-state index is 12.6. The summed E-state index contributed by atoms with van der Waals surface area (Å²) in [6.45, 7) is 6.69. The minimum absolute atomic E-state index is 0.0752. The van der Waals surface area contributed by atoms with Crippen molar-refractivity contribution in [2.45, 2.75) is 39.0 Å². The third kappa shape index (κ3) is 4.22. The van der Waals surface area contributed by atoms with Gasteiger partial charge in [-0.2, -0.15) is 5.10 Å². The Kier molecular flexibility index (Phi) is 5.89. The molecule has 1 atom stereocenters. The van der Waals surface area contributed by atoms with Crippen molar-refractivity contribution in [2.75, 3.05) is 0 Å². The van der Waals surface area contributed by atoms with E-state index in [9.17, 15) is 4.79 Å². The normalized spacial score (nSPS) is 19.0. The third-order valence-electron chi connectivity index (χ3n) is 4.34. The molecule has 1 saturated heterocycles. The number of hydrogen-bond donors (Lipinski definition) is 0. The molecule has 26 heavy (non-hydrogen) atoms. The summed E-state index contributed by atoms with van der Waals surface area (Å²) in [4.78, 5) is 14.4. The van der Waals surface area contributed by atoms with Crippen molar-refractivity contribution in [1.29, 1.82) is 0 Å². The Morgan fingerprint density at radius 1 is 1.15 bits per heavy atom. The first-order chi connectivity index (χ1) is 12.6. The van der Waals surface area contributed by atoms with E-state index in [0.29, 0.717) is 11.7 Å². The fourth-order valence-corrected chi connectivity index (χ4v) is 3.89. The van der Waals surface area contributed by atoms with E-state index >= 15 is 0 Å². The van der Waals surface area contributed by atoms with E-state index in [-0.39, 0.29) is 11.2 Å². The van der Waals surface area contributed by atoms with Crippen LogP contribution in [-0.4, -0.2) is 27.4 Å². The highest BCUT2D eigenvalue weighted by molar-refractivity contribution is 8.15. The van der Waals surface area contributed by atoms with E-state index < -0.39 is 0 Å². The van der Waals surface area contributed by atoms with Gasteiger partial charge >= 0.3 is 0 Å². The Morgan fingerprint density at radius 3 is 2.62 bits per heavy atom. The second kappa shape index (κ2) is 8.32. The van der Waals surface area contributed by atoms with Crippen LogP contribution in [0.5, 0.6) is 0 Å². The van der Waals surface area contributed by atoms with Crippen LogP contribution in [-0.2, 0) is 11.3 Å². The Hall–Kier alpha value is -2.40. The number of thioether (sulfide) groups is 1. The minimum atomic E-state index is -0.0752. The van der Waals surface area contributed by atoms with Crippen molar-refractivity contribution < 1.29 is 4.79 Å². The second-order valence-corrected chi connectivity index (χ2v) is 7.58. The lowest BCUT2D eigenvalue weighted by molar-refractivity contribution is -0.126. The molecule has 0 spiro atoms. The van der Waals surface area contributed by atoms with Gasteiger partial charge in [0.15, 0.2) is 5.17 Å². The highest BCUT2D eigenvalue weighted by atomic mass is 32.2. The van der Waals surface area contributed by atoms with Crippen LogP contribution in [0.2, 0.25) is 0 Å². The molecule has 1 unspecified atom stereocenters. The zero-order chi connectivity index (χ0) is 18.5. The standard InChI is InChI=1S/C21H23N3OS/c1-4-19-20(25)24(14-17-8-6-5-7-9-17)21(26-19)23-22-13-18-11-10-15(2)12-16(18)3/h5-13,19H,4,14H2,1-3H3/b22-13+,23-21+. The van der Waals surface area contributed by atoms with Crippen LogP contribution in [0.25, 0.3) is 0 Å². The molecular formula is C21H23N3OS. The molecule has 5 heteroatoms. The maximum Gasteiger partial charge on any atom is 0.242 e. The first-order valence-electron chi connectivity index (χ1n) is 8.78. The van der Waals surface area contributed by atoms with Crippen LogP contribution in [0.3, 0.4) is 0 Å². The molecule has 0 bridgehead atoms. The van der Waals surface area contributed by atoms with Crippen LogP contribution < -0.4 is 0 Å². The zero-order valence-electron chi connectivity index (χ0n) is 15.3. The van der Waals surface area contributed by atoms with Crippen molar-refractivity contribution in [1.82, 2.24) is 4.90 Å². The quantitative estimate of drug-likeness (QED) is 0.576. The number of rotatable bonds is 5. The van der Waals surface area contributed by atoms with Crippen LogP contribution in [0.1, 0.15) is 35.6 Å². The average molecular weight is 366 g/mol. The molecule has 1 fully saturated rings. The van der Waals surface area contributed by atoms with Crippen molar-refractivity contribution in [3.8, 4) is 0 Å². The van der Waals surface area contributed by atoms with Gasteiger partial charge in [0.2, 0.25) is 5.91 Å². The summed E-state index contributed by atoms with van der Waals surface area (Å²) in [7, 11) is 0. The molecule has 1 heterocycles. The SMILES string of the molecule is CCC1S/C(=N/N=C/c2ccc(C)cc2C)N(Cc2ccccc2)C1=O. The molecule has 0 saturated carbocycles. The van der Waals surface area contributed by atoms with Gasteiger partial charge in [-0.1, -0.05) is 72.8 Å². The Bertz CT molecular complexity index is 846. The largest absolute Gasteiger partial charge is 0.284 e. The molecule has 0 aliphatic carbocycles. The molecule has 2 aromatic carbocycles. The van der Waals surface area contributed by atoms with Gasteiger partial charge in [0, 0.05) is 0 Å². The van der Waals surface area contributed by atoms with Crippen molar-refractivity contribution in [2.24, 2.45) is 10.2 Å². The van der Waals surface area contributed by atoms with E-state index in [1.54, 1.807) is 11.1 Å². The molecule has 4 nitrogen and oxygen atoms in total. The fraction of sp³-hybridized carbons (Fsp3) is 0.286. The van der Waals surface area contributed by atoms with Crippen LogP contribution in [0, 0.1) is 13.8 Å². The average Bonchev–Trinajstić information content (AvgIpc) is 2.93. The summed E-state index contributed by atoms with van der Waals surface area (Å²) in [5.74, 6) is 0.113. The van der Waals surface area contributed by atoms with Crippen LogP contribution in [0.4, 0.5) is 0 Å². The van der Waals surface area contributed by atoms with E-state index in [1.165, 1.54) is 17.3 Å². The molecule has 1 aliphatic rings. The maximum absolute atomic E-state index is 12.6. The van der Waals surface area contributed by atoms with E-state index in [2.05, 4.69) is 36.2 Å². The molecule has 1 amide bonds. The summed E-state index contributed by atoms with van der Waals surface area (Å²) >= 11 is 1.50. The molecule has 134 valence electrons. The summed E-state index contributed by atoms with van der Waals surface area (Å²) in [5.41, 5.74) is 4.51. The molecule has 0 aromatic heterocycles. The van der Waals surface area contributed by atoms with Gasteiger partial charge in [-0.3, -0.25) is 9.69 Å². The predicted octanol–water partition coefficient (Wildman–Crippen LogP) is 4.55. The van der Waals surface area contributed by atoms with Gasteiger partial charge < -0.3 is 0 Å². The third-order valence-corrected chi connectivity index (χ3v) is 5.67. The molecular weight excluding hydrogens is 342 g/mol. The number of benzene rings is 2. The van der Waals surface area contributed by atoms with Gasteiger partial charge in [-0.15, -0.1) is 5.10 Å². The number of amidine groups is 1. The Labute approximate surface area is 159 Å². The number of carbonyl (C=O) groups excluding carboxylic acids is 1. The molecule has 0 radical (unpaired) electrons. The fourth-order valence-electron chi connectivity index (χ4n) is 2.87. The molecule has 0 N–H and O–H groups in total. The highest BCUT2D eigenvalue weighted by Gasteiger charge is 2.36. The minimum Gasteiger partial charge on any atom is -0.284 e. The number of carbonyl (C=O) groups is 1.